The van der Waals surface area contributed by atoms with Crippen LogP contribution < -0.4 is 10.9 Å². The first-order chi connectivity index (χ1) is 12.9. The Bertz CT molecular complexity index is 1040. The third-order valence-corrected chi connectivity index (χ3v) is 4.99. The number of aryl methyl sites for hydroxylation is 1. The molecule has 0 aliphatic rings. The van der Waals surface area contributed by atoms with Crippen LogP contribution in [0.1, 0.15) is 27.9 Å². The number of carbonyl (C=O) groups excluding carboxylic acids is 2. The van der Waals surface area contributed by atoms with Crippen molar-refractivity contribution in [3.8, 4) is 0 Å². The fraction of sp³-hybridized carbons (Fsp3) is 0.211. The molecule has 0 atom stereocenters. The second kappa shape index (κ2) is 8.37. The number of ether oxygens (including phenoxy) is 1. The number of esters is 1. The van der Waals surface area contributed by atoms with Crippen molar-refractivity contribution < 1.29 is 18.7 Å². The number of benzene rings is 1. The Kier molecular flexibility index (Phi) is 5.93. The van der Waals surface area contributed by atoms with Crippen molar-refractivity contribution in [2.45, 2.75) is 20.0 Å². The van der Waals surface area contributed by atoms with Gasteiger partial charge in [-0.05, 0) is 36.1 Å². The summed E-state index contributed by atoms with van der Waals surface area (Å²) in [7, 11) is 0. The van der Waals surface area contributed by atoms with E-state index in [2.05, 4.69) is 5.32 Å². The molecule has 0 bridgehead atoms. The Labute approximate surface area is 163 Å². The van der Waals surface area contributed by atoms with Crippen molar-refractivity contribution in [3.63, 3.8) is 0 Å². The van der Waals surface area contributed by atoms with Crippen LogP contribution in [0.3, 0.4) is 0 Å². The number of carbonyl (C=O) groups is 2. The smallest absolute Gasteiger partial charge is 0.336 e. The van der Waals surface area contributed by atoms with Crippen LogP contribution in [0.5, 0.6) is 0 Å². The zero-order valence-electron chi connectivity index (χ0n) is 14.4. The molecule has 1 N–H and O–H groups in total. The summed E-state index contributed by atoms with van der Waals surface area (Å²) in [5, 5.41) is 7.33. The van der Waals surface area contributed by atoms with Crippen molar-refractivity contribution in [1.29, 1.82) is 0 Å². The highest BCUT2D eigenvalue weighted by molar-refractivity contribution is 7.08. The first kappa shape index (κ1) is 19.1. The van der Waals surface area contributed by atoms with Gasteiger partial charge in [-0.15, -0.1) is 0 Å². The van der Waals surface area contributed by atoms with Gasteiger partial charge in [0.15, 0.2) is 0 Å². The molecule has 8 heteroatoms. The van der Waals surface area contributed by atoms with Crippen LogP contribution in [0.4, 0.5) is 0 Å². The highest BCUT2D eigenvalue weighted by atomic mass is 35.5. The van der Waals surface area contributed by atoms with Gasteiger partial charge in [-0.2, -0.15) is 11.3 Å². The molecule has 6 nitrogen and oxygen atoms in total. The van der Waals surface area contributed by atoms with Gasteiger partial charge in [-0.25, -0.2) is 4.79 Å². The maximum Gasteiger partial charge on any atom is 0.336 e. The van der Waals surface area contributed by atoms with Crippen molar-refractivity contribution in [1.82, 2.24) is 5.32 Å². The molecule has 3 rings (SSSR count). The third-order valence-electron chi connectivity index (χ3n) is 3.90. The normalized spacial score (nSPS) is 10.7. The fourth-order valence-corrected chi connectivity index (χ4v) is 3.27. The predicted octanol–water partition coefficient (Wildman–Crippen LogP) is 3.68. The maximum absolute atomic E-state index is 11.9. The molecule has 0 radical (unpaired) electrons. The van der Waals surface area contributed by atoms with E-state index in [1.165, 1.54) is 17.4 Å². The Morgan fingerprint density at radius 3 is 2.85 bits per heavy atom. The molecular weight excluding hydrogens is 390 g/mol. The van der Waals surface area contributed by atoms with Gasteiger partial charge in [-0.1, -0.05) is 11.6 Å². The van der Waals surface area contributed by atoms with Crippen molar-refractivity contribution in [2.24, 2.45) is 0 Å². The largest absolute Gasteiger partial charge is 0.461 e. The summed E-state index contributed by atoms with van der Waals surface area (Å²) >= 11 is 7.56. The third kappa shape index (κ3) is 4.75. The van der Waals surface area contributed by atoms with Crippen LogP contribution in [0.25, 0.3) is 11.0 Å². The van der Waals surface area contributed by atoms with Gasteiger partial charge in [0.1, 0.15) is 12.2 Å². The van der Waals surface area contributed by atoms with E-state index in [-0.39, 0.29) is 25.5 Å². The van der Waals surface area contributed by atoms with E-state index in [0.29, 0.717) is 27.1 Å². The van der Waals surface area contributed by atoms with E-state index < -0.39 is 11.6 Å². The van der Waals surface area contributed by atoms with Crippen LogP contribution in [-0.4, -0.2) is 18.4 Å². The fourth-order valence-electron chi connectivity index (χ4n) is 2.47. The number of rotatable bonds is 6. The molecule has 0 aliphatic heterocycles. The topological polar surface area (TPSA) is 85.6 Å². The molecule has 140 valence electrons. The van der Waals surface area contributed by atoms with Gasteiger partial charge in [-0.3, -0.25) is 9.59 Å². The summed E-state index contributed by atoms with van der Waals surface area (Å²) in [6.07, 6.45) is 0.0229. The molecular formula is C19H16ClNO5S. The zero-order chi connectivity index (χ0) is 19.4. The number of thiophene rings is 1. The second-order valence-electron chi connectivity index (χ2n) is 5.87. The summed E-state index contributed by atoms with van der Waals surface area (Å²) in [6.45, 7) is 1.88. The number of halogens is 1. The van der Waals surface area contributed by atoms with Crippen LogP contribution >= 0.6 is 22.9 Å². The molecule has 27 heavy (non-hydrogen) atoms. The number of amides is 1. The van der Waals surface area contributed by atoms with Crippen molar-refractivity contribution in [2.75, 3.05) is 6.54 Å². The van der Waals surface area contributed by atoms with Crippen LogP contribution in [0.15, 0.2) is 44.2 Å². The highest BCUT2D eigenvalue weighted by Crippen LogP contribution is 2.25. The molecule has 0 spiro atoms. The molecule has 1 aromatic carbocycles. The summed E-state index contributed by atoms with van der Waals surface area (Å²) in [5.41, 5.74) is 1.71. The molecule has 1 amide bonds. The lowest BCUT2D eigenvalue weighted by Gasteiger charge is -2.09. The van der Waals surface area contributed by atoms with E-state index in [4.69, 9.17) is 20.8 Å². The minimum atomic E-state index is -0.529. The number of hydrogen-bond acceptors (Lipinski definition) is 6. The van der Waals surface area contributed by atoms with Crippen molar-refractivity contribution >= 4 is 45.8 Å². The minimum Gasteiger partial charge on any atom is -0.461 e. The average Bonchev–Trinajstić information content (AvgIpc) is 3.16. The van der Waals surface area contributed by atoms with Crippen LogP contribution in [0.2, 0.25) is 5.02 Å². The van der Waals surface area contributed by atoms with Gasteiger partial charge in [0.2, 0.25) is 0 Å². The Morgan fingerprint density at radius 2 is 2.11 bits per heavy atom. The first-order valence-electron chi connectivity index (χ1n) is 8.13. The molecule has 2 aromatic heterocycles. The monoisotopic (exact) mass is 405 g/mol. The van der Waals surface area contributed by atoms with Crippen LogP contribution in [-0.2, 0) is 16.1 Å². The molecule has 0 unspecified atom stereocenters. The molecule has 0 fully saturated rings. The van der Waals surface area contributed by atoms with Gasteiger partial charge in [0, 0.05) is 39.5 Å². The molecule has 0 saturated carbocycles. The summed E-state index contributed by atoms with van der Waals surface area (Å²) in [4.78, 5) is 35.4. The minimum absolute atomic E-state index is 0.0229. The summed E-state index contributed by atoms with van der Waals surface area (Å²) in [5.74, 6) is -0.721. The standard InChI is InChI=1S/C19H16ClNO5S/c1-11-6-16-14(8-15(11)20)13(7-18(23)26-16)9-25-17(22)2-4-21-19(24)12-3-5-27-10-12/h3,5-8,10H,2,4,9H2,1H3,(H,21,24). The molecule has 0 saturated heterocycles. The maximum atomic E-state index is 11.9. The van der Waals surface area contributed by atoms with E-state index in [1.54, 1.807) is 35.9 Å². The van der Waals surface area contributed by atoms with Gasteiger partial charge in [0.25, 0.3) is 5.91 Å². The molecule has 2 heterocycles. The molecule has 3 aromatic rings. The SMILES string of the molecule is Cc1cc2oc(=O)cc(COC(=O)CCNC(=O)c3ccsc3)c2cc1Cl. The van der Waals surface area contributed by atoms with E-state index in [1.807, 2.05) is 0 Å². The quantitative estimate of drug-likeness (QED) is 0.499. The second-order valence-corrected chi connectivity index (χ2v) is 7.05. The molecule has 0 aliphatic carbocycles. The van der Waals surface area contributed by atoms with Gasteiger partial charge < -0.3 is 14.5 Å². The van der Waals surface area contributed by atoms with E-state index in [9.17, 15) is 14.4 Å². The summed E-state index contributed by atoms with van der Waals surface area (Å²) in [6, 6.07) is 6.33. The average molecular weight is 406 g/mol. The first-order valence-corrected chi connectivity index (χ1v) is 9.45. The van der Waals surface area contributed by atoms with E-state index >= 15 is 0 Å². The Hall–Kier alpha value is -2.64. The predicted molar refractivity (Wildman–Crippen MR) is 103 cm³/mol. The summed E-state index contributed by atoms with van der Waals surface area (Å²) < 4.78 is 10.4. The van der Waals surface area contributed by atoms with Gasteiger partial charge in [0.05, 0.1) is 6.42 Å². The zero-order valence-corrected chi connectivity index (χ0v) is 16.0. The van der Waals surface area contributed by atoms with Crippen molar-refractivity contribution in [3.05, 3.63) is 67.2 Å². The van der Waals surface area contributed by atoms with Crippen LogP contribution in [0, 0.1) is 6.92 Å². The lowest BCUT2D eigenvalue weighted by atomic mass is 10.1. The Balaban J connectivity index is 1.59. The van der Waals surface area contributed by atoms with E-state index in [0.717, 1.165) is 5.56 Å². The number of hydrogen-bond donors (Lipinski definition) is 1. The lowest BCUT2D eigenvalue weighted by Crippen LogP contribution is -2.26. The lowest BCUT2D eigenvalue weighted by molar-refractivity contribution is -0.144. The highest BCUT2D eigenvalue weighted by Gasteiger charge is 2.12. The number of nitrogens with one attached hydrogen (secondary N) is 1. The number of fused-ring (bicyclic) bond motifs is 1. The van der Waals surface area contributed by atoms with Gasteiger partial charge >= 0.3 is 11.6 Å². The Morgan fingerprint density at radius 1 is 1.30 bits per heavy atom.